The van der Waals surface area contributed by atoms with E-state index in [1.54, 1.807) is 6.92 Å². The molecule has 0 spiro atoms. The molecule has 3 aromatic rings. The first-order valence-corrected chi connectivity index (χ1v) is 15.2. The number of carbonyl (C=O) groups excluding carboxylic acids is 2. The van der Waals surface area contributed by atoms with Gasteiger partial charge in [0.25, 0.3) is 5.91 Å². The second-order valence-corrected chi connectivity index (χ2v) is 11.5. The van der Waals surface area contributed by atoms with Crippen LogP contribution in [-0.4, -0.2) is 53.7 Å². The number of esters is 1. The van der Waals surface area contributed by atoms with Crippen molar-refractivity contribution < 1.29 is 28.9 Å². The van der Waals surface area contributed by atoms with E-state index in [2.05, 4.69) is 34.5 Å². The third-order valence-electron chi connectivity index (χ3n) is 8.15. The van der Waals surface area contributed by atoms with E-state index >= 15 is 0 Å². The normalized spacial score (nSPS) is 21.6. The van der Waals surface area contributed by atoms with Crippen LogP contribution in [0.3, 0.4) is 0 Å². The molecule has 8 nitrogen and oxygen atoms in total. The number of amides is 1. The molecular formula is C35H42N2O6. The van der Waals surface area contributed by atoms with Gasteiger partial charge in [0.2, 0.25) is 0 Å². The van der Waals surface area contributed by atoms with Crippen LogP contribution < -0.4 is 5.32 Å². The highest BCUT2D eigenvalue weighted by molar-refractivity contribution is 5.82. The fourth-order valence-corrected chi connectivity index (χ4v) is 5.79. The summed E-state index contributed by atoms with van der Waals surface area (Å²) in [4.78, 5) is 25.9. The molecule has 2 N–H and O–H groups in total. The summed E-state index contributed by atoms with van der Waals surface area (Å²) < 4.78 is 18.1. The molecule has 3 aromatic carbocycles. The van der Waals surface area contributed by atoms with Crippen molar-refractivity contribution in [2.75, 3.05) is 19.6 Å². The lowest BCUT2D eigenvalue weighted by molar-refractivity contribution is -0.253. The predicted octanol–water partition coefficient (Wildman–Crippen LogP) is 5.45. The van der Waals surface area contributed by atoms with Gasteiger partial charge in [-0.2, -0.15) is 0 Å². The molecule has 4 atom stereocenters. The molecule has 0 saturated carbocycles. The molecule has 2 heterocycles. The number of hydrogen-bond donors (Lipinski definition) is 2. The third kappa shape index (κ3) is 8.51. The van der Waals surface area contributed by atoms with Gasteiger partial charge in [-0.05, 0) is 66.7 Å². The molecule has 1 amide bonds. The summed E-state index contributed by atoms with van der Waals surface area (Å²) in [7, 11) is 0. The van der Waals surface area contributed by atoms with Crippen molar-refractivity contribution >= 4 is 11.9 Å². The number of nitrogens with one attached hydrogen (secondary N) is 1. The fraction of sp³-hybridized carbons (Fsp3) is 0.429. The molecule has 2 fully saturated rings. The molecule has 8 heteroatoms. The molecule has 43 heavy (non-hydrogen) atoms. The van der Waals surface area contributed by atoms with E-state index in [-0.39, 0.29) is 24.7 Å². The maximum Gasteiger partial charge on any atom is 0.303 e. The minimum atomic E-state index is -0.837. The van der Waals surface area contributed by atoms with Crippen molar-refractivity contribution in [3.63, 3.8) is 0 Å². The van der Waals surface area contributed by atoms with Crippen molar-refractivity contribution in [3.05, 3.63) is 95.1 Å². The quantitative estimate of drug-likeness (QED) is 0.305. The predicted molar refractivity (Wildman–Crippen MR) is 164 cm³/mol. The van der Waals surface area contributed by atoms with Crippen molar-refractivity contribution in [2.45, 2.75) is 77.3 Å². The molecule has 5 rings (SSSR count). The molecule has 0 unspecified atom stereocenters. The topological polar surface area (TPSA) is 97.3 Å². The Bertz CT molecular complexity index is 1350. The number of ether oxygens (including phenoxy) is 3. The van der Waals surface area contributed by atoms with Gasteiger partial charge in [0.15, 0.2) is 12.4 Å². The number of rotatable bonds is 10. The summed E-state index contributed by atoms with van der Waals surface area (Å²) in [5, 5.41) is 12.3. The van der Waals surface area contributed by atoms with E-state index in [9.17, 15) is 14.7 Å². The van der Waals surface area contributed by atoms with Gasteiger partial charge in [-0.3, -0.25) is 9.59 Å². The Balaban J connectivity index is 1.28. The number of benzene rings is 3. The maximum absolute atomic E-state index is 12.2. The van der Waals surface area contributed by atoms with Crippen LogP contribution in [0.25, 0.3) is 11.1 Å². The number of aliphatic hydroxyl groups is 1. The van der Waals surface area contributed by atoms with Gasteiger partial charge < -0.3 is 29.5 Å². The molecule has 2 aliphatic rings. The first kappa shape index (κ1) is 30.9. The zero-order valence-corrected chi connectivity index (χ0v) is 25.0. The summed E-state index contributed by atoms with van der Waals surface area (Å²) in [6.07, 6.45) is 3.19. The van der Waals surface area contributed by atoms with Crippen LogP contribution in [0, 0.1) is 0 Å². The molecule has 0 aliphatic carbocycles. The summed E-state index contributed by atoms with van der Waals surface area (Å²) in [6, 6.07) is 24.3. The van der Waals surface area contributed by atoms with Gasteiger partial charge in [-0.1, -0.05) is 73.2 Å². The molecule has 2 aliphatic heterocycles. The van der Waals surface area contributed by atoms with Crippen LogP contribution in [0.4, 0.5) is 0 Å². The van der Waals surface area contributed by atoms with Gasteiger partial charge in [-0.15, -0.1) is 0 Å². The highest BCUT2D eigenvalue weighted by Crippen LogP contribution is 2.39. The number of piperidine rings is 1. The molecule has 228 valence electrons. The van der Waals surface area contributed by atoms with Crippen molar-refractivity contribution in [2.24, 2.45) is 0 Å². The lowest BCUT2D eigenvalue weighted by Gasteiger charge is -2.39. The monoisotopic (exact) mass is 586 g/mol. The minimum absolute atomic E-state index is 0.0221. The first-order chi connectivity index (χ1) is 20.9. The Kier molecular flexibility index (Phi) is 10.6. The van der Waals surface area contributed by atoms with Crippen LogP contribution in [0.15, 0.2) is 72.8 Å². The molecular weight excluding hydrogens is 544 g/mol. The van der Waals surface area contributed by atoms with E-state index in [0.29, 0.717) is 6.54 Å². The molecule has 0 radical (unpaired) electrons. The van der Waals surface area contributed by atoms with E-state index in [1.165, 1.54) is 26.2 Å². The standard InChI is InChI=1S/C35H42N2O6/c1-24(41-25(2)39)34(40)36-21-27-7-6-8-31(19-27)28-13-15-30(16-14-28)35-42-32(22-37-17-4-3-5-18-37)20-33(43-35)29-11-9-26(23-38)10-12-29/h6-16,19,24,32-33,35,38H,3-5,17-18,20-23H2,1-2H3,(H,36,40)/t24-,32+,33-,35-/m0/s1. The number of nitrogens with zero attached hydrogens (tertiary/aromatic N) is 1. The molecule has 0 aromatic heterocycles. The van der Waals surface area contributed by atoms with Gasteiger partial charge in [0.1, 0.15) is 0 Å². The molecule has 0 bridgehead atoms. The highest BCUT2D eigenvalue weighted by Gasteiger charge is 2.33. The fourth-order valence-electron chi connectivity index (χ4n) is 5.79. The number of aliphatic hydroxyl groups excluding tert-OH is 1. The van der Waals surface area contributed by atoms with Gasteiger partial charge in [-0.25, -0.2) is 0 Å². The zero-order chi connectivity index (χ0) is 30.2. The third-order valence-corrected chi connectivity index (χ3v) is 8.15. The largest absolute Gasteiger partial charge is 0.453 e. The molecule has 2 saturated heterocycles. The van der Waals surface area contributed by atoms with E-state index in [1.807, 2.05) is 48.5 Å². The van der Waals surface area contributed by atoms with Crippen LogP contribution in [0.2, 0.25) is 0 Å². The Labute approximate surface area is 254 Å². The zero-order valence-electron chi connectivity index (χ0n) is 25.0. The summed E-state index contributed by atoms with van der Waals surface area (Å²) in [5.74, 6) is -0.819. The average molecular weight is 587 g/mol. The van der Waals surface area contributed by atoms with Crippen molar-refractivity contribution in [3.8, 4) is 11.1 Å². The smallest absolute Gasteiger partial charge is 0.303 e. The summed E-state index contributed by atoms with van der Waals surface area (Å²) >= 11 is 0. The van der Waals surface area contributed by atoms with Gasteiger partial charge in [0.05, 0.1) is 18.8 Å². The van der Waals surface area contributed by atoms with Crippen LogP contribution in [0.1, 0.15) is 74.2 Å². The van der Waals surface area contributed by atoms with E-state index in [4.69, 9.17) is 14.2 Å². The first-order valence-electron chi connectivity index (χ1n) is 15.2. The van der Waals surface area contributed by atoms with Gasteiger partial charge in [0, 0.05) is 32.0 Å². The maximum atomic E-state index is 12.2. The van der Waals surface area contributed by atoms with Crippen LogP contribution in [0.5, 0.6) is 0 Å². The number of likely N-dealkylation sites (tertiary alicyclic amines) is 1. The Morgan fingerprint density at radius 2 is 1.65 bits per heavy atom. The van der Waals surface area contributed by atoms with Crippen molar-refractivity contribution in [1.29, 1.82) is 0 Å². The Hall–Kier alpha value is -3.56. The second kappa shape index (κ2) is 14.8. The average Bonchev–Trinajstić information content (AvgIpc) is 3.04. The van der Waals surface area contributed by atoms with Crippen LogP contribution >= 0.6 is 0 Å². The lowest BCUT2D eigenvalue weighted by atomic mass is 9.98. The van der Waals surface area contributed by atoms with E-state index in [0.717, 1.165) is 59.4 Å². The van der Waals surface area contributed by atoms with Crippen LogP contribution in [-0.2, 0) is 37.0 Å². The highest BCUT2D eigenvalue weighted by atomic mass is 16.7. The SMILES string of the molecule is CC(=O)O[C@@H](C)C(=O)NCc1cccc(-c2ccc([C@H]3O[C@@H](CN4CCCCC4)C[C@@H](c4ccc(CO)cc4)O3)cc2)c1. The second-order valence-electron chi connectivity index (χ2n) is 11.5. The lowest BCUT2D eigenvalue weighted by Crippen LogP contribution is -2.41. The van der Waals surface area contributed by atoms with Gasteiger partial charge >= 0.3 is 5.97 Å². The van der Waals surface area contributed by atoms with E-state index < -0.39 is 18.4 Å². The minimum Gasteiger partial charge on any atom is -0.453 e. The number of carbonyl (C=O) groups is 2. The van der Waals surface area contributed by atoms with Crippen molar-refractivity contribution in [1.82, 2.24) is 10.2 Å². The number of hydrogen-bond acceptors (Lipinski definition) is 7. The Morgan fingerprint density at radius 3 is 2.35 bits per heavy atom. The summed E-state index contributed by atoms with van der Waals surface area (Å²) in [5.41, 5.74) is 5.96. The Morgan fingerprint density at radius 1 is 0.930 bits per heavy atom. The summed E-state index contributed by atoms with van der Waals surface area (Å²) in [6.45, 7) is 6.32.